The summed E-state index contributed by atoms with van der Waals surface area (Å²) in [5.41, 5.74) is 0.947. The lowest BCUT2D eigenvalue weighted by atomic mass is 9.98. The molecule has 2 atom stereocenters. The summed E-state index contributed by atoms with van der Waals surface area (Å²) in [4.78, 5) is 6.52. The van der Waals surface area contributed by atoms with Crippen molar-refractivity contribution in [3.05, 3.63) is 117 Å². The van der Waals surface area contributed by atoms with Crippen molar-refractivity contribution in [1.29, 1.82) is 10.5 Å². The van der Waals surface area contributed by atoms with Gasteiger partial charge >= 0.3 is 0 Å². The van der Waals surface area contributed by atoms with Crippen molar-refractivity contribution in [1.82, 2.24) is 0 Å². The van der Waals surface area contributed by atoms with Crippen molar-refractivity contribution in [2.45, 2.75) is 30.9 Å². The van der Waals surface area contributed by atoms with E-state index in [1.165, 1.54) is 12.1 Å². The van der Waals surface area contributed by atoms with Gasteiger partial charge in [-0.3, -0.25) is 9.11 Å². The summed E-state index contributed by atoms with van der Waals surface area (Å²) in [6, 6.07) is 24.3. The number of nitrogens with zero attached hydrogens (tertiary/aromatic N) is 4. The van der Waals surface area contributed by atoms with E-state index in [9.17, 15) is 36.5 Å². The van der Waals surface area contributed by atoms with E-state index in [2.05, 4.69) is 9.69 Å². The largest absolute Gasteiger partial charge is 0.492 e. The summed E-state index contributed by atoms with van der Waals surface area (Å²) < 4.78 is 89.0. The van der Waals surface area contributed by atoms with E-state index < -0.39 is 37.2 Å². The molecule has 2 N–H and O–H groups in total. The maximum Gasteiger partial charge on any atom is 0.272 e. The van der Waals surface area contributed by atoms with Crippen LogP contribution in [0.1, 0.15) is 24.0 Å². The molecule has 0 aliphatic heterocycles. The molecule has 0 aliphatic carbocycles. The smallest absolute Gasteiger partial charge is 0.272 e. The van der Waals surface area contributed by atoms with Crippen LogP contribution in [0.15, 0.2) is 72.8 Å². The molecule has 3 rings (SSSR count). The molecule has 278 valence electrons. The first-order valence-corrected chi connectivity index (χ1v) is 19.4. The van der Waals surface area contributed by atoms with Crippen molar-refractivity contribution >= 4 is 31.6 Å². The Morgan fingerprint density at radius 2 is 1.13 bits per heavy atom. The highest BCUT2D eigenvalue weighted by molar-refractivity contribution is 7.86. The molecule has 0 saturated heterocycles. The van der Waals surface area contributed by atoms with Gasteiger partial charge in [-0.1, -0.05) is 60.7 Å². The number of nitriles is 2. The van der Waals surface area contributed by atoms with Crippen LogP contribution in [0.3, 0.4) is 0 Å². The molecule has 0 amide bonds. The molecule has 14 nitrogen and oxygen atoms in total. The number of hydrogen-bond acceptors (Lipinski definition) is 10. The van der Waals surface area contributed by atoms with Crippen LogP contribution in [0.2, 0.25) is 0 Å². The zero-order valence-electron chi connectivity index (χ0n) is 28.6. The van der Waals surface area contributed by atoms with Gasteiger partial charge < -0.3 is 18.9 Å². The summed E-state index contributed by atoms with van der Waals surface area (Å²) in [5.74, 6) is -0.827. The lowest BCUT2D eigenvalue weighted by Crippen LogP contribution is -2.25. The average molecular weight is 763 g/mol. The van der Waals surface area contributed by atoms with Gasteiger partial charge in [-0.05, 0) is 54.9 Å². The predicted octanol–water partition coefficient (Wildman–Crippen LogP) is 3.61. The molecule has 2 unspecified atom stereocenters. The Morgan fingerprint density at radius 1 is 0.679 bits per heavy atom. The van der Waals surface area contributed by atoms with Gasteiger partial charge in [0.05, 0.1) is 49.5 Å². The SMILES string of the molecule is [C-]#[N+]/C(C#N)=c1/cc(OCCOCCC(Cc2ccccc2)CS(=O)(=O)O)/c(=C(\C#N)[N+]#[C-])cc1OCCOCCC(Cc1ccccc1)S(=O)(=O)O. The Hall–Kier alpha value is -5.30. The lowest BCUT2D eigenvalue weighted by molar-refractivity contribution is 0.0908. The van der Waals surface area contributed by atoms with Gasteiger partial charge in [-0.2, -0.15) is 16.8 Å². The Labute approximate surface area is 309 Å². The molecule has 0 aliphatic rings. The van der Waals surface area contributed by atoms with Crippen molar-refractivity contribution in [2.24, 2.45) is 5.92 Å². The molecule has 3 aromatic rings. The molecular formula is C37H38N4O10S2. The van der Waals surface area contributed by atoms with Crippen LogP contribution in [0.5, 0.6) is 11.5 Å². The number of rotatable bonds is 21. The third-order valence-electron chi connectivity index (χ3n) is 7.79. The summed E-state index contributed by atoms with van der Waals surface area (Å²) in [7, 11) is -8.57. The molecule has 3 aromatic carbocycles. The quantitative estimate of drug-likeness (QED) is 0.0909. The molecule has 0 heterocycles. The molecular weight excluding hydrogens is 725 g/mol. The molecule has 0 spiro atoms. The zero-order chi connectivity index (χ0) is 38.7. The molecule has 0 radical (unpaired) electrons. The first-order valence-electron chi connectivity index (χ1n) is 16.3. The zero-order valence-corrected chi connectivity index (χ0v) is 30.3. The number of benzene rings is 3. The van der Waals surface area contributed by atoms with Gasteiger partial charge in [0, 0.05) is 23.7 Å². The van der Waals surface area contributed by atoms with Crippen LogP contribution in [-0.2, 0) is 42.6 Å². The fourth-order valence-corrected chi connectivity index (χ4v) is 6.95. The minimum atomic E-state index is -4.35. The van der Waals surface area contributed by atoms with Crippen molar-refractivity contribution in [2.75, 3.05) is 45.4 Å². The topological polar surface area (TPSA) is 202 Å². The van der Waals surface area contributed by atoms with Gasteiger partial charge in [0.25, 0.3) is 31.6 Å². The third kappa shape index (κ3) is 14.7. The van der Waals surface area contributed by atoms with Crippen LogP contribution >= 0.6 is 0 Å². The Kier molecular flexibility index (Phi) is 16.9. The maximum atomic E-state index is 11.9. The second kappa shape index (κ2) is 21.3. The summed E-state index contributed by atoms with van der Waals surface area (Å²) in [5, 5.41) is 18.3. The first kappa shape index (κ1) is 42.1. The van der Waals surface area contributed by atoms with Crippen molar-refractivity contribution < 1.29 is 44.9 Å². The molecule has 0 bridgehead atoms. The minimum Gasteiger partial charge on any atom is -0.492 e. The Bertz CT molecular complexity index is 2160. The van der Waals surface area contributed by atoms with E-state index in [0.717, 1.165) is 11.1 Å². The standard InChI is InChI=1S/C37H38N4O10S2/c1-40-34(25-38)32-24-37(51-20-18-49-16-14-31(53(45,46)47)22-29-11-7-4-8-12-29)33(35(26-39)41-2)23-36(32)50-19-17-48-15-13-30(27-52(42,43)44)21-28-9-5-3-6-10-28/h3-12,23-24,30-31H,13-22,27H2,(H,42,43,44)(H,45,46,47)/b34-32+,35-33-. The van der Waals surface area contributed by atoms with Crippen LogP contribution in [0.25, 0.3) is 21.1 Å². The van der Waals surface area contributed by atoms with Gasteiger partial charge in [0.2, 0.25) is 0 Å². The summed E-state index contributed by atoms with van der Waals surface area (Å²) >= 11 is 0. The average Bonchev–Trinajstić information content (AvgIpc) is 3.12. The minimum absolute atomic E-state index is 0.000617. The van der Waals surface area contributed by atoms with Gasteiger partial charge in [0.1, 0.15) is 24.7 Å². The third-order valence-corrected chi connectivity index (χ3v) is 9.93. The van der Waals surface area contributed by atoms with Crippen molar-refractivity contribution in [3.63, 3.8) is 0 Å². The highest BCUT2D eigenvalue weighted by Crippen LogP contribution is 2.17. The van der Waals surface area contributed by atoms with E-state index in [0.29, 0.717) is 12.8 Å². The summed E-state index contributed by atoms with van der Waals surface area (Å²) in [6.45, 7) is 14.9. The normalized spacial score (nSPS) is 13.6. The fraction of sp³-hybridized carbons (Fsp3) is 0.351. The molecule has 16 heteroatoms. The van der Waals surface area contributed by atoms with Crippen LogP contribution in [0, 0.1) is 41.7 Å². The second-order valence-corrected chi connectivity index (χ2v) is 14.8. The number of ether oxygens (including phenoxy) is 4. The van der Waals surface area contributed by atoms with Gasteiger partial charge in [-0.25, -0.2) is 20.2 Å². The summed E-state index contributed by atoms with van der Waals surface area (Å²) in [6.07, 6.45) is 0.844. The fourth-order valence-electron chi connectivity index (χ4n) is 5.27. The molecule has 53 heavy (non-hydrogen) atoms. The molecule has 0 saturated carbocycles. The maximum absolute atomic E-state index is 11.9. The predicted molar refractivity (Wildman–Crippen MR) is 194 cm³/mol. The second-order valence-electron chi connectivity index (χ2n) is 11.6. The van der Waals surface area contributed by atoms with E-state index >= 15 is 0 Å². The highest BCUT2D eigenvalue weighted by atomic mass is 32.2. The van der Waals surface area contributed by atoms with Crippen LogP contribution < -0.4 is 19.9 Å². The van der Waals surface area contributed by atoms with Crippen LogP contribution in [0.4, 0.5) is 0 Å². The van der Waals surface area contributed by atoms with E-state index in [4.69, 9.17) is 32.1 Å². The van der Waals surface area contributed by atoms with E-state index in [1.54, 1.807) is 42.5 Å². The molecule has 0 fully saturated rings. The molecule has 0 aromatic heterocycles. The van der Waals surface area contributed by atoms with Crippen molar-refractivity contribution in [3.8, 4) is 23.6 Å². The van der Waals surface area contributed by atoms with E-state index in [1.807, 2.05) is 30.3 Å². The Balaban J connectivity index is 1.67. The lowest BCUT2D eigenvalue weighted by Gasteiger charge is -2.16. The van der Waals surface area contributed by atoms with Gasteiger partial charge in [-0.15, -0.1) is 0 Å². The monoisotopic (exact) mass is 762 g/mol. The first-order chi connectivity index (χ1) is 25.4. The van der Waals surface area contributed by atoms with Crippen LogP contribution in [-0.4, -0.2) is 76.6 Å². The highest BCUT2D eigenvalue weighted by Gasteiger charge is 2.23. The number of hydrogen-bond donors (Lipinski definition) is 2. The van der Waals surface area contributed by atoms with E-state index in [-0.39, 0.29) is 85.8 Å². The van der Waals surface area contributed by atoms with Gasteiger partial charge in [0.15, 0.2) is 0 Å². The Morgan fingerprint density at radius 3 is 1.55 bits per heavy atom.